The Balaban J connectivity index is 2.10. The van der Waals surface area contributed by atoms with Crippen molar-refractivity contribution in [2.45, 2.75) is 43.0 Å². The molecule has 1 saturated carbocycles. The number of alkyl halides is 1. The molecule has 0 aromatic carbocycles. The zero-order chi connectivity index (χ0) is 13.9. The summed E-state index contributed by atoms with van der Waals surface area (Å²) in [6, 6.07) is 0. The molecule has 1 N–H and O–H groups in total. The first-order valence-corrected chi connectivity index (χ1v) is 8.57. The van der Waals surface area contributed by atoms with Crippen molar-refractivity contribution in [2.75, 3.05) is 13.6 Å². The van der Waals surface area contributed by atoms with Gasteiger partial charge in [-0.15, -0.1) is 11.6 Å². The maximum atomic E-state index is 12.4. The van der Waals surface area contributed by atoms with Crippen molar-refractivity contribution in [1.29, 1.82) is 0 Å². The molecule has 19 heavy (non-hydrogen) atoms. The van der Waals surface area contributed by atoms with Crippen LogP contribution in [0.25, 0.3) is 0 Å². The van der Waals surface area contributed by atoms with E-state index in [0.717, 1.165) is 12.8 Å². The summed E-state index contributed by atoms with van der Waals surface area (Å²) in [7, 11) is -1.88. The lowest BCUT2D eigenvalue weighted by molar-refractivity contribution is 0.299. The van der Waals surface area contributed by atoms with Gasteiger partial charge in [0.15, 0.2) is 5.03 Å². The standard InChI is InChI=1S/C12H20ClN3O2S/c1-16(9-10-5-3-2-4-6-10)19(17,18)12-11(7-13)8-14-15-12/h8,10H,2-7,9H2,1H3,(H,14,15). The number of aromatic nitrogens is 2. The molecule has 7 heteroatoms. The lowest BCUT2D eigenvalue weighted by Crippen LogP contribution is -2.33. The third-order valence-electron chi connectivity index (χ3n) is 3.73. The monoisotopic (exact) mass is 305 g/mol. The van der Waals surface area contributed by atoms with Crippen LogP contribution in [0.2, 0.25) is 0 Å². The van der Waals surface area contributed by atoms with E-state index in [1.54, 1.807) is 7.05 Å². The van der Waals surface area contributed by atoms with E-state index in [2.05, 4.69) is 10.2 Å². The molecule has 108 valence electrons. The third-order valence-corrected chi connectivity index (χ3v) is 5.86. The van der Waals surface area contributed by atoms with Crippen LogP contribution in [0.1, 0.15) is 37.7 Å². The number of nitrogens with zero attached hydrogens (tertiary/aromatic N) is 2. The van der Waals surface area contributed by atoms with Crippen LogP contribution in [-0.2, 0) is 15.9 Å². The molecule has 0 unspecified atom stereocenters. The van der Waals surface area contributed by atoms with Gasteiger partial charge in [-0.25, -0.2) is 8.42 Å². The van der Waals surface area contributed by atoms with Crippen molar-refractivity contribution in [3.8, 4) is 0 Å². The lowest BCUT2D eigenvalue weighted by Gasteiger charge is -2.26. The van der Waals surface area contributed by atoms with Crippen molar-refractivity contribution in [3.05, 3.63) is 11.8 Å². The summed E-state index contributed by atoms with van der Waals surface area (Å²) in [4.78, 5) is 0. The average Bonchev–Trinajstić information content (AvgIpc) is 2.88. The van der Waals surface area contributed by atoms with Gasteiger partial charge in [0.05, 0.1) is 12.1 Å². The molecule has 0 saturated heterocycles. The Hall–Kier alpha value is -0.590. The zero-order valence-electron chi connectivity index (χ0n) is 11.1. The zero-order valence-corrected chi connectivity index (χ0v) is 12.7. The predicted octanol–water partition coefficient (Wildman–Crippen LogP) is 2.35. The smallest absolute Gasteiger partial charge is 0.260 e. The summed E-state index contributed by atoms with van der Waals surface area (Å²) in [6.07, 6.45) is 7.37. The number of nitrogens with one attached hydrogen (secondary N) is 1. The first-order valence-electron chi connectivity index (χ1n) is 6.60. The summed E-state index contributed by atoms with van der Waals surface area (Å²) < 4.78 is 26.3. The van der Waals surface area contributed by atoms with Crippen LogP contribution in [0, 0.1) is 5.92 Å². The van der Waals surface area contributed by atoms with Crippen LogP contribution >= 0.6 is 11.6 Å². The van der Waals surface area contributed by atoms with E-state index in [0.29, 0.717) is 18.0 Å². The molecule has 0 amide bonds. The van der Waals surface area contributed by atoms with E-state index < -0.39 is 10.0 Å². The van der Waals surface area contributed by atoms with Gasteiger partial charge in [-0.3, -0.25) is 5.10 Å². The second-order valence-electron chi connectivity index (χ2n) is 5.15. The van der Waals surface area contributed by atoms with E-state index >= 15 is 0 Å². The maximum absolute atomic E-state index is 12.4. The van der Waals surface area contributed by atoms with Gasteiger partial charge in [0.25, 0.3) is 10.0 Å². The van der Waals surface area contributed by atoms with E-state index in [4.69, 9.17) is 11.6 Å². The van der Waals surface area contributed by atoms with Crippen LogP contribution in [0.15, 0.2) is 11.2 Å². The molecule has 0 bridgehead atoms. The van der Waals surface area contributed by atoms with Gasteiger partial charge in [0, 0.05) is 19.2 Å². The number of hydrogen-bond donors (Lipinski definition) is 1. The number of hydrogen-bond acceptors (Lipinski definition) is 3. The first kappa shape index (κ1) is 14.8. The molecule has 0 aliphatic heterocycles. The largest absolute Gasteiger partial charge is 0.266 e. The predicted molar refractivity (Wildman–Crippen MR) is 74.5 cm³/mol. The van der Waals surface area contributed by atoms with Crippen LogP contribution < -0.4 is 0 Å². The second kappa shape index (κ2) is 6.24. The topological polar surface area (TPSA) is 66.1 Å². The van der Waals surface area contributed by atoms with Gasteiger partial charge in [0.2, 0.25) is 0 Å². The minimum Gasteiger partial charge on any atom is -0.266 e. The quantitative estimate of drug-likeness (QED) is 0.849. The minimum absolute atomic E-state index is 0.126. The summed E-state index contributed by atoms with van der Waals surface area (Å²) in [5.41, 5.74) is 0.525. The van der Waals surface area contributed by atoms with E-state index in [9.17, 15) is 8.42 Å². The number of halogens is 1. The highest BCUT2D eigenvalue weighted by Crippen LogP contribution is 2.26. The van der Waals surface area contributed by atoms with Crippen molar-refractivity contribution in [3.63, 3.8) is 0 Å². The van der Waals surface area contributed by atoms with Gasteiger partial charge in [-0.2, -0.15) is 9.40 Å². The number of H-pyrrole nitrogens is 1. The van der Waals surface area contributed by atoms with E-state index in [1.807, 2.05) is 0 Å². The molecule has 1 fully saturated rings. The Morgan fingerprint density at radius 2 is 2.11 bits per heavy atom. The summed E-state index contributed by atoms with van der Waals surface area (Å²) in [5.74, 6) is 0.610. The first-order chi connectivity index (χ1) is 9.05. The molecule has 1 aliphatic carbocycles. The average molecular weight is 306 g/mol. The highest BCUT2D eigenvalue weighted by atomic mass is 35.5. The van der Waals surface area contributed by atoms with Crippen LogP contribution in [-0.4, -0.2) is 36.5 Å². The van der Waals surface area contributed by atoms with Crippen LogP contribution in [0.4, 0.5) is 0 Å². The van der Waals surface area contributed by atoms with Crippen LogP contribution in [0.5, 0.6) is 0 Å². The molecule has 1 heterocycles. The Morgan fingerprint density at radius 1 is 1.42 bits per heavy atom. The Bertz CT molecular complexity index is 509. The lowest BCUT2D eigenvalue weighted by atomic mass is 9.89. The summed E-state index contributed by atoms with van der Waals surface area (Å²) >= 11 is 5.73. The molecular formula is C12H20ClN3O2S. The third kappa shape index (κ3) is 3.30. The molecule has 2 rings (SSSR count). The summed E-state index contributed by atoms with van der Waals surface area (Å²) in [6.45, 7) is 0.572. The molecule has 1 aromatic rings. The minimum atomic E-state index is -3.51. The fraction of sp³-hybridized carbons (Fsp3) is 0.750. The molecule has 0 radical (unpaired) electrons. The van der Waals surface area contributed by atoms with Crippen LogP contribution in [0.3, 0.4) is 0 Å². The Morgan fingerprint density at radius 3 is 2.74 bits per heavy atom. The summed E-state index contributed by atoms with van der Waals surface area (Å²) in [5, 5.41) is 6.45. The fourth-order valence-corrected chi connectivity index (χ4v) is 4.23. The van der Waals surface area contributed by atoms with Gasteiger partial charge in [-0.05, 0) is 18.8 Å². The van der Waals surface area contributed by atoms with Crippen molar-refractivity contribution in [2.24, 2.45) is 5.92 Å². The molecule has 1 aliphatic rings. The van der Waals surface area contributed by atoms with Gasteiger partial charge < -0.3 is 0 Å². The van der Waals surface area contributed by atoms with Gasteiger partial charge in [-0.1, -0.05) is 19.3 Å². The fourth-order valence-electron chi connectivity index (χ4n) is 2.61. The number of rotatable bonds is 5. The molecular weight excluding hydrogens is 286 g/mol. The Labute approximate surface area is 119 Å². The van der Waals surface area contributed by atoms with Crippen molar-refractivity contribution < 1.29 is 8.42 Å². The number of aromatic amines is 1. The maximum Gasteiger partial charge on any atom is 0.260 e. The molecule has 5 nitrogen and oxygen atoms in total. The van der Waals surface area contributed by atoms with E-state index in [1.165, 1.54) is 29.8 Å². The highest BCUT2D eigenvalue weighted by Gasteiger charge is 2.28. The normalized spacial score (nSPS) is 18.1. The van der Waals surface area contributed by atoms with Crippen molar-refractivity contribution in [1.82, 2.24) is 14.5 Å². The van der Waals surface area contributed by atoms with E-state index in [-0.39, 0.29) is 10.9 Å². The molecule has 0 spiro atoms. The second-order valence-corrected chi connectivity index (χ2v) is 7.40. The van der Waals surface area contributed by atoms with Gasteiger partial charge >= 0.3 is 0 Å². The highest BCUT2D eigenvalue weighted by molar-refractivity contribution is 7.89. The molecule has 1 aromatic heterocycles. The van der Waals surface area contributed by atoms with Gasteiger partial charge in [0.1, 0.15) is 0 Å². The Kier molecular flexibility index (Phi) is 4.86. The SMILES string of the molecule is CN(CC1CCCCC1)S(=O)(=O)c1[nH]ncc1CCl. The van der Waals surface area contributed by atoms with Crippen molar-refractivity contribution >= 4 is 21.6 Å². The number of sulfonamides is 1. The molecule has 0 atom stereocenters.